The van der Waals surface area contributed by atoms with E-state index in [0.29, 0.717) is 35.7 Å². The molecule has 0 radical (unpaired) electrons. The number of anilines is 1. The molecule has 160 valence electrons. The molecule has 31 heavy (non-hydrogen) atoms. The maximum atomic E-state index is 9.05. The molecule has 0 bridgehead atoms. The summed E-state index contributed by atoms with van der Waals surface area (Å²) in [5.41, 5.74) is 10.2. The number of aliphatic hydroxyl groups excluding tert-OH is 1. The highest BCUT2D eigenvalue weighted by Crippen LogP contribution is 2.23. The fourth-order valence-corrected chi connectivity index (χ4v) is 3.95. The van der Waals surface area contributed by atoms with Gasteiger partial charge in [0.25, 0.3) is 0 Å². The lowest BCUT2D eigenvalue weighted by Crippen LogP contribution is -2.33. The van der Waals surface area contributed by atoms with Gasteiger partial charge in [-0.3, -0.25) is 4.68 Å². The van der Waals surface area contributed by atoms with Crippen LogP contribution in [0.1, 0.15) is 25.7 Å². The van der Waals surface area contributed by atoms with Gasteiger partial charge in [-0.15, -0.1) is 5.10 Å². The molecular formula is C21H25N9O. The molecule has 5 rings (SSSR count). The largest absolute Gasteiger partial charge is 0.394 e. The fourth-order valence-electron chi connectivity index (χ4n) is 3.95. The lowest BCUT2D eigenvalue weighted by Gasteiger charge is -2.26. The molecule has 0 amide bonds. The first-order valence-electron chi connectivity index (χ1n) is 10.5. The quantitative estimate of drug-likeness (QED) is 0.430. The molecule has 1 aliphatic rings. The van der Waals surface area contributed by atoms with Crippen molar-refractivity contribution in [2.24, 2.45) is 5.73 Å². The summed E-state index contributed by atoms with van der Waals surface area (Å²) in [5, 5.41) is 25.2. The zero-order chi connectivity index (χ0) is 21.2. The normalized spacial score (nSPS) is 19.0. The fraction of sp³-hybridized carbons (Fsp3) is 0.381. The van der Waals surface area contributed by atoms with Crippen LogP contribution < -0.4 is 11.1 Å². The monoisotopic (exact) mass is 419 g/mol. The van der Waals surface area contributed by atoms with Crippen molar-refractivity contribution in [3.63, 3.8) is 0 Å². The van der Waals surface area contributed by atoms with Crippen molar-refractivity contribution in [1.82, 2.24) is 34.7 Å². The molecule has 4 aromatic rings. The van der Waals surface area contributed by atoms with Crippen molar-refractivity contribution in [2.75, 3.05) is 11.9 Å². The van der Waals surface area contributed by atoms with Gasteiger partial charge in [0.2, 0.25) is 5.95 Å². The predicted molar refractivity (Wildman–Crippen MR) is 117 cm³/mol. The number of aliphatic hydroxyl groups is 1. The molecular weight excluding hydrogens is 394 g/mol. The van der Waals surface area contributed by atoms with Gasteiger partial charge in [0, 0.05) is 23.8 Å². The van der Waals surface area contributed by atoms with Crippen molar-refractivity contribution in [1.29, 1.82) is 0 Å². The molecule has 3 heterocycles. The molecule has 10 heteroatoms. The van der Waals surface area contributed by atoms with E-state index < -0.39 is 0 Å². The lowest BCUT2D eigenvalue weighted by molar-refractivity contribution is 0.269. The van der Waals surface area contributed by atoms with Gasteiger partial charge < -0.3 is 16.2 Å². The summed E-state index contributed by atoms with van der Waals surface area (Å²) >= 11 is 0. The highest BCUT2D eigenvalue weighted by molar-refractivity contribution is 5.72. The van der Waals surface area contributed by atoms with Crippen LogP contribution in [0.3, 0.4) is 0 Å². The summed E-state index contributed by atoms with van der Waals surface area (Å²) in [7, 11) is 0. The van der Waals surface area contributed by atoms with Crippen molar-refractivity contribution in [2.45, 2.75) is 44.3 Å². The number of nitrogens with one attached hydrogen (secondary N) is 1. The van der Waals surface area contributed by atoms with Crippen LogP contribution in [0.4, 0.5) is 5.95 Å². The Morgan fingerprint density at radius 1 is 1.06 bits per heavy atom. The van der Waals surface area contributed by atoms with E-state index in [1.807, 2.05) is 30.5 Å². The second-order valence-electron chi connectivity index (χ2n) is 7.92. The molecule has 1 saturated carbocycles. The van der Waals surface area contributed by atoms with Crippen LogP contribution in [0.15, 0.2) is 42.9 Å². The number of rotatable bonds is 6. The zero-order valence-corrected chi connectivity index (χ0v) is 17.1. The molecule has 3 aromatic heterocycles. The average Bonchev–Trinajstić information content (AvgIpc) is 3.43. The summed E-state index contributed by atoms with van der Waals surface area (Å²) in [6, 6.07) is 8.62. The number of nitrogens with two attached hydrogens (primary N) is 1. The van der Waals surface area contributed by atoms with Gasteiger partial charge in [0.15, 0.2) is 11.2 Å². The van der Waals surface area contributed by atoms with E-state index in [1.54, 1.807) is 21.8 Å². The Morgan fingerprint density at radius 3 is 2.65 bits per heavy atom. The molecule has 1 aromatic carbocycles. The Labute approximate surface area is 179 Å². The third kappa shape index (κ3) is 4.12. The first-order chi connectivity index (χ1) is 15.2. The molecule has 0 aliphatic heterocycles. The van der Waals surface area contributed by atoms with Gasteiger partial charge >= 0.3 is 0 Å². The van der Waals surface area contributed by atoms with Crippen LogP contribution in [0.5, 0.6) is 0 Å². The van der Waals surface area contributed by atoms with E-state index >= 15 is 0 Å². The number of hydrogen-bond donors (Lipinski definition) is 3. The van der Waals surface area contributed by atoms with Crippen LogP contribution >= 0.6 is 0 Å². The predicted octanol–water partition coefficient (Wildman–Crippen LogP) is 1.75. The van der Waals surface area contributed by atoms with E-state index in [1.165, 1.54) is 0 Å². The van der Waals surface area contributed by atoms with Gasteiger partial charge in [-0.2, -0.15) is 14.8 Å². The number of hydrogen-bond acceptors (Lipinski definition) is 8. The molecule has 10 nitrogen and oxygen atoms in total. The van der Waals surface area contributed by atoms with E-state index in [9.17, 15) is 0 Å². The lowest BCUT2D eigenvalue weighted by atomic mass is 9.92. The minimum absolute atomic E-state index is 0.0619. The number of fused-ring (bicyclic) bond motifs is 1. The first-order valence-corrected chi connectivity index (χ1v) is 10.5. The van der Waals surface area contributed by atoms with Crippen molar-refractivity contribution in [3.05, 3.63) is 42.9 Å². The van der Waals surface area contributed by atoms with Gasteiger partial charge in [0.05, 0.1) is 31.2 Å². The maximum Gasteiger partial charge on any atom is 0.225 e. The third-order valence-electron chi connectivity index (χ3n) is 5.71. The minimum atomic E-state index is 0.0619. The molecule has 1 aliphatic carbocycles. The molecule has 0 unspecified atom stereocenters. The topological polar surface area (TPSA) is 133 Å². The Morgan fingerprint density at radius 2 is 1.87 bits per heavy atom. The highest BCUT2D eigenvalue weighted by atomic mass is 16.3. The maximum absolute atomic E-state index is 9.05. The van der Waals surface area contributed by atoms with Crippen molar-refractivity contribution < 1.29 is 5.11 Å². The summed E-state index contributed by atoms with van der Waals surface area (Å²) < 4.78 is 3.44. The van der Waals surface area contributed by atoms with E-state index in [4.69, 9.17) is 10.8 Å². The second kappa shape index (κ2) is 8.40. The first kappa shape index (κ1) is 19.6. The number of nitrogens with zero attached hydrogens (tertiary/aromatic N) is 7. The van der Waals surface area contributed by atoms with Gasteiger partial charge in [-0.1, -0.05) is 17.3 Å². The third-order valence-corrected chi connectivity index (χ3v) is 5.71. The summed E-state index contributed by atoms with van der Waals surface area (Å²) in [6.45, 7) is 0.541. The van der Waals surface area contributed by atoms with Crippen LogP contribution in [-0.2, 0) is 6.54 Å². The number of benzene rings is 1. The molecule has 1 fully saturated rings. The van der Waals surface area contributed by atoms with Crippen LogP contribution in [-0.4, -0.2) is 58.5 Å². The van der Waals surface area contributed by atoms with E-state index in [0.717, 1.165) is 42.5 Å². The summed E-state index contributed by atoms with van der Waals surface area (Å²) in [5.74, 6) is 0.587. The van der Waals surface area contributed by atoms with Gasteiger partial charge in [-0.05, 0) is 43.4 Å². The highest BCUT2D eigenvalue weighted by Gasteiger charge is 2.19. The van der Waals surface area contributed by atoms with Crippen LogP contribution in [0, 0.1) is 0 Å². The Balaban J connectivity index is 1.38. The zero-order valence-electron chi connectivity index (χ0n) is 17.1. The smallest absolute Gasteiger partial charge is 0.225 e. The Kier molecular flexibility index (Phi) is 5.31. The Hall–Kier alpha value is -3.37. The average molecular weight is 419 g/mol. The van der Waals surface area contributed by atoms with Crippen molar-refractivity contribution in [3.8, 4) is 16.8 Å². The molecule has 4 N–H and O–H groups in total. The van der Waals surface area contributed by atoms with Gasteiger partial charge in [-0.25, -0.2) is 4.98 Å². The minimum Gasteiger partial charge on any atom is -0.394 e. The van der Waals surface area contributed by atoms with Gasteiger partial charge in [0.1, 0.15) is 0 Å². The van der Waals surface area contributed by atoms with Crippen LogP contribution in [0.2, 0.25) is 0 Å². The summed E-state index contributed by atoms with van der Waals surface area (Å²) in [4.78, 5) is 9.08. The molecule has 0 spiro atoms. The molecule has 0 atom stereocenters. The van der Waals surface area contributed by atoms with E-state index in [-0.39, 0.29) is 6.61 Å². The Bertz CT molecular complexity index is 1160. The van der Waals surface area contributed by atoms with Crippen LogP contribution in [0.25, 0.3) is 28.0 Å². The van der Waals surface area contributed by atoms with E-state index in [2.05, 4.69) is 30.7 Å². The number of aromatic nitrogens is 7. The standard InChI is InChI=1S/C21H25N9O/c22-16-3-5-17(6-4-16)25-21-23-12-19-20(26-21)30(28-27-19)18-7-1-14(2-8-18)15-11-24-29(13-15)9-10-31/h1-2,7-8,11-13,16-17,31H,3-6,9-10,22H2,(H,23,25,26). The van der Waals surface area contributed by atoms with Crippen molar-refractivity contribution >= 4 is 17.1 Å². The summed E-state index contributed by atoms with van der Waals surface area (Å²) in [6.07, 6.45) is 9.49. The second-order valence-corrected chi connectivity index (χ2v) is 7.92. The molecule has 0 saturated heterocycles. The SMILES string of the molecule is NC1CCC(Nc2ncc3nnn(-c4ccc(-c5cnn(CCO)c5)cc4)c3n2)CC1.